The van der Waals surface area contributed by atoms with E-state index in [2.05, 4.69) is 10.9 Å². The van der Waals surface area contributed by atoms with E-state index < -0.39 is 0 Å². The van der Waals surface area contributed by atoms with Crippen LogP contribution in [-0.2, 0) is 4.99 Å². The molecule has 0 aromatic rings. The van der Waals surface area contributed by atoms with Crippen molar-refractivity contribution in [3.05, 3.63) is 0 Å². The average molecular weight is 103 g/mol. The second kappa shape index (κ2) is 18.1. The van der Waals surface area contributed by atoms with Gasteiger partial charge >= 0.3 is 29.6 Å². The topological polar surface area (TPSA) is 55.5 Å². The fourth-order valence-electron chi connectivity index (χ4n) is 0. The maximum atomic E-state index is 6.85. The summed E-state index contributed by atoms with van der Waals surface area (Å²) in [6.45, 7) is 0. The molecule has 0 aliphatic carbocycles. The van der Waals surface area contributed by atoms with E-state index in [1.165, 1.54) is 0 Å². The third-order valence-corrected chi connectivity index (χ3v) is 0. The van der Waals surface area contributed by atoms with Crippen molar-refractivity contribution in [2.75, 3.05) is 0 Å². The second-order valence-corrected chi connectivity index (χ2v) is 0.105. The molecule has 3 nitrogen and oxygen atoms in total. The molecule has 0 aliphatic heterocycles. The minimum absolute atomic E-state index is 0. The zero-order chi connectivity index (χ0) is 2.71. The first-order valence-corrected chi connectivity index (χ1v) is 0.418. The van der Waals surface area contributed by atoms with Gasteiger partial charge in [-0.15, -0.1) is 4.99 Å². The van der Waals surface area contributed by atoms with Gasteiger partial charge in [0.05, 0.1) is 0 Å². The van der Waals surface area contributed by atoms with Crippen molar-refractivity contribution in [2.24, 2.45) is 5.90 Å². The number of hydrogen-bond acceptors (Lipinski definition) is 3. The molecule has 0 atom stereocenters. The van der Waals surface area contributed by atoms with Crippen molar-refractivity contribution in [1.29, 1.82) is 0 Å². The predicted molar refractivity (Wildman–Crippen MR) is 19.0 cm³/mol. The van der Waals surface area contributed by atoms with Crippen LogP contribution in [0.25, 0.3) is 0 Å². The first-order valence-electron chi connectivity index (χ1n) is 0.418. The Balaban J connectivity index is -0.00000000667. The van der Waals surface area contributed by atoms with E-state index in [0.29, 0.717) is 0 Å². The van der Waals surface area contributed by atoms with Gasteiger partial charge in [0.25, 0.3) is 0 Å². The Morgan fingerprint density at radius 2 is 1.80 bits per heavy atom. The summed E-state index contributed by atoms with van der Waals surface area (Å²) in [5.41, 5.74) is 0. The quantitative estimate of drug-likeness (QED) is 0.184. The standard InChI is InChI=1S/Al.H3NO2.Na.4H/c;1-3-2;;;;;/h;2H,1H2;;;;;/q;;+1;;;;-1. The average Bonchev–Trinajstić information content (AvgIpc) is 0.918. The monoisotopic (exact) mass is 103 g/mol. The molecular formula is H7AlNNaO2. The van der Waals surface area contributed by atoms with Crippen LogP contribution in [0.4, 0.5) is 0 Å². The van der Waals surface area contributed by atoms with Crippen LogP contribution in [0.3, 0.4) is 0 Å². The van der Waals surface area contributed by atoms with Crippen molar-refractivity contribution >= 4 is 17.4 Å². The van der Waals surface area contributed by atoms with E-state index in [4.69, 9.17) is 5.26 Å². The van der Waals surface area contributed by atoms with Crippen molar-refractivity contribution < 1.29 is 41.2 Å². The van der Waals surface area contributed by atoms with Crippen LogP contribution in [0.5, 0.6) is 0 Å². The van der Waals surface area contributed by atoms with Gasteiger partial charge in [0.1, 0.15) is 0 Å². The zero-order valence-corrected chi connectivity index (χ0v) is 4.43. The van der Waals surface area contributed by atoms with E-state index >= 15 is 0 Å². The Bertz CT molecular complexity index is 13.5. The van der Waals surface area contributed by atoms with E-state index in [1.807, 2.05) is 0 Å². The Morgan fingerprint density at radius 3 is 1.80 bits per heavy atom. The molecule has 0 aromatic heterocycles. The molecule has 0 unspecified atom stereocenters. The van der Waals surface area contributed by atoms with Crippen LogP contribution in [0.1, 0.15) is 1.43 Å². The van der Waals surface area contributed by atoms with E-state index in [0.717, 1.165) is 0 Å². The van der Waals surface area contributed by atoms with Crippen LogP contribution in [-0.4, -0.2) is 22.6 Å². The van der Waals surface area contributed by atoms with Gasteiger partial charge < -0.3 is 1.43 Å². The van der Waals surface area contributed by atoms with Gasteiger partial charge in [-0.3, -0.25) is 0 Å². The maximum Gasteiger partial charge on any atom is 1.00 e. The summed E-state index contributed by atoms with van der Waals surface area (Å²) < 4.78 is 0. The predicted octanol–water partition coefficient (Wildman–Crippen LogP) is -4.72. The molecule has 28 valence electrons. The first kappa shape index (κ1) is 16.1. The van der Waals surface area contributed by atoms with E-state index in [9.17, 15) is 0 Å². The molecule has 0 aromatic carbocycles. The first-order chi connectivity index (χ1) is 1.41. The van der Waals surface area contributed by atoms with Gasteiger partial charge in [-0.1, -0.05) is 0 Å². The van der Waals surface area contributed by atoms with E-state index in [1.54, 1.807) is 0 Å². The van der Waals surface area contributed by atoms with Crippen molar-refractivity contribution in [3.8, 4) is 0 Å². The molecular weight excluding hydrogens is 96.0 g/mol. The zero-order valence-electron chi connectivity index (χ0n) is 3.43. The van der Waals surface area contributed by atoms with Gasteiger partial charge in [-0.05, 0) is 0 Å². The molecule has 0 saturated carbocycles. The molecule has 0 saturated heterocycles. The third kappa shape index (κ3) is 31.6. The third-order valence-electron chi connectivity index (χ3n) is 0. The molecule has 0 heterocycles. The largest absolute Gasteiger partial charge is 1.00 e. The van der Waals surface area contributed by atoms with Crippen LogP contribution in [0.2, 0.25) is 0 Å². The molecule has 5 heavy (non-hydrogen) atoms. The normalized spacial score (nSPS) is 3.60. The van der Waals surface area contributed by atoms with Gasteiger partial charge in [0, 0.05) is 0 Å². The fraction of sp³-hybridized carbons (Fsp3) is 0. The summed E-state index contributed by atoms with van der Waals surface area (Å²) in [6, 6.07) is 0. The molecule has 0 fully saturated rings. The van der Waals surface area contributed by atoms with Gasteiger partial charge in [0.15, 0.2) is 17.4 Å². The maximum absolute atomic E-state index is 6.85. The number of rotatable bonds is 0. The summed E-state index contributed by atoms with van der Waals surface area (Å²) >= 11 is 0. The van der Waals surface area contributed by atoms with Gasteiger partial charge in [-0.25, -0.2) is 5.26 Å². The summed E-state index contributed by atoms with van der Waals surface area (Å²) in [7, 11) is 0. The summed E-state index contributed by atoms with van der Waals surface area (Å²) in [5.74, 6) is 3.90. The molecule has 0 spiro atoms. The SMILES string of the molecule is NOO.[AlH3].[H-].[Na+]. The Kier molecular flexibility index (Phi) is 58.4. The Hall–Kier alpha value is 1.41. The number of nitrogens with two attached hydrogens (primary N) is 1. The Morgan fingerprint density at radius 1 is 1.80 bits per heavy atom. The van der Waals surface area contributed by atoms with Crippen molar-refractivity contribution in [1.82, 2.24) is 0 Å². The van der Waals surface area contributed by atoms with Crippen LogP contribution in [0.15, 0.2) is 0 Å². The van der Waals surface area contributed by atoms with Crippen molar-refractivity contribution in [2.45, 2.75) is 0 Å². The van der Waals surface area contributed by atoms with Crippen LogP contribution >= 0.6 is 0 Å². The number of hydrogen-bond donors (Lipinski definition) is 2. The van der Waals surface area contributed by atoms with Gasteiger partial charge in [-0.2, -0.15) is 5.90 Å². The van der Waals surface area contributed by atoms with Gasteiger partial charge in [0.2, 0.25) is 0 Å². The summed E-state index contributed by atoms with van der Waals surface area (Å²) in [4.78, 5) is 2.75. The molecule has 0 radical (unpaired) electrons. The van der Waals surface area contributed by atoms with Crippen LogP contribution in [0, 0.1) is 0 Å². The smallest absolute Gasteiger partial charge is 1.00 e. The molecule has 0 amide bonds. The van der Waals surface area contributed by atoms with Crippen LogP contribution < -0.4 is 35.5 Å². The molecule has 0 bridgehead atoms. The second-order valence-electron chi connectivity index (χ2n) is 0.105. The van der Waals surface area contributed by atoms with Crippen molar-refractivity contribution in [3.63, 3.8) is 0 Å². The molecule has 0 aliphatic rings. The van der Waals surface area contributed by atoms with E-state index in [-0.39, 0.29) is 48.3 Å². The summed E-state index contributed by atoms with van der Waals surface area (Å²) in [6.07, 6.45) is 0. The summed E-state index contributed by atoms with van der Waals surface area (Å²) in [5, 5.41) is 6.85. The molecule has 3 N–H and O–H groups in total. The molecule has 0 rings (SSSR count). The fourth-order valence-corrected chi connectivity index (χ4v) is 0. The minimum atomic E-state index is 0. The molecule has 5 heteroatoms. The Labute approximate surface area is 64.3 Å². The minimum Gasteiger partial charge on any atom is -1.00 e.